The van der Waals surface area contributed by atoms with Gasteiger partial charge in [-0.1, -0.05) is 46.9 Å². The molecule has 0 saturated heterocycles. The van der Waals surface area contributed by atoms with Gasteiger partial charge in [-0.3, -0.25) is 9.59 Å². The van der Waals surface area contributed by atoms with Crippen LogP contribution in [0.15, 0.2) is 36.4 Å². The highest BCUT2D eigenvalue weighted by molar-refractivity contribution is 7.99. The predicted octanol–water partition coefficient (Wildman–Crippen LogP) is 5.18. The molecule has 2 aromatic carbocycles. The van der Waals surface area contributed by atoms with Gasteiger partial charge in [0.2, 0.25) is 11.8 Å². The van der Waals surface area contributed by atoms with Gasteiger partial charge in [-0.05, 0) is 36.8 Å². The Balaban J connectivity index is 2.11. The Hall–Kier alpha value is -1.47. The molecule has 0 fully saturated rings. The van der Waals surface area contributed by atoms with Crippen LogP contribution in [0.1, 0.15) is 18.1 Å². The normalized spacial score (nSPS) is 11.8. The fraction of sp³-hybridized carbons (Fsp3) is 0.300. The van der Waals surface area contributed by atoms with Crippen LogP contribution >= 0.6 is 46.6 Å². The fourth-order valence-corrected chi connectivity index (χ4v) is 4.19. The molecule has 0 aliphatic heterocycles. The number of nitrogens with zero attached hydrogens (tertiary/aromatic N) is 1. The second kappa shape index (κ2) is 11.1. The molecule has 2 aromatic rings. The molecule has 0 heterocycles. The predicted molar refractivity (Wildman–Crippen MR) is 118 cm³/mol. The van der Waals surface area contributed by atoms with E-state index in [1.807, 2.05) is 0 Å². The van der Waals surface area contributed by atoms with E-state index in [1.165, 1.54) is 35.8 Å². The van der Waals surface area contributed by atoms with Gasteiger partial charge in [-0.15, -0.1) is 11.8 Å². The molecule has 4 nitrogen and oxygen atoms in total. The second-order valence-electron chi connectivity index (χ2n) is 6.25. The standard InChI is InChI=1S/C20H20Cl3FN2O2S/c1-12(20(28)25-2)26(9-13-6-7-16(22)17(23)8-13)19(27)11-29-10-14-15(21)4-3-5-18(14)24/h3-8,12H,9-11H2,1-2H3,(H,25,28)/t12-/m1/s1. The van der Waals surface area contributed by atoms with Gasteiger partial charge in [0.15, 0.2) is 0 Å². The fourth-order valence-electron chi connectivity index (χ4n) is 2.62. The second-order valence-corrected chi connectivity index (χ2v) is 8.46. The third-order valence-corrected chi connectivity index (χ3v) is 6.32. The molecule has 9 heteroatoms. The maximum atomic E-state index is 13.9. The van der Waals surface area contributed by atoms with Gasteiger partial charge >= 0.3 is 0 Å². The van der Waals surface area contributed by atoms with Crippen LogP contribution in [0.3, 0.4) is 0 Å². The van der Waals surface area contributed by atoms with E-state index in [4.69, 9.17) is 34.8 Å². The maximum absolute atomic E-state index is 13.9. The van der Waals surface area contributed by atoms with Crippen LogP contribution in [-0.2, 0) is 21.9 Å². The van der Waals surface area contributed by atoms with E-state index in [-0.39, 0.29) is 29.9 Å². The minimum Gasteiger partial charge on any atom is -0.357 e. The Morgan fingerprint density at radius 2 is 1.86 bits per heavy atom. The van der Waals surface area contributed by atoms with Gasteiger partial charge in [-0.25, -0.2) is 4.39 Å². The van der Waals surface area contributed by atoms with Crippen molar-refractivity contribution < 1.29 is 14.0 Å². The summed E-state index contributed by atoms with van der Waals surface area (Å²) in [5.41, 5.74) is 1.09. The number of hydrogen-bond donors (Lipinski definition) is 1. The van der Waals surface area contributed by atoms with Crippen molar-refractivity contribution in [2.24, 2.45) is 0 Å². The number of halogens is 4. The zero-order valence-corrected chi connectivity index (χ0v) is 18.9. The average molecular weight is 478 g/mol. The van der Waals surface area contributed by atoms with E-state index >= 15 is 0 Å². The lowest BCUT2D eigenvalue weighted by atomic mass is 10.1. The summed E-state index contributed by atoms with van der Waals surface area (Å²) >= 11 is 19.3. The lowest BCUT2D eigenvalue weighted by molar-refractivity contribution is -0.138. The van der Waals surface area contributed by atoms with Gasteiger partial charge in [0.05, 0.1) is 15.8 Å². The lowest BCUT2D eigenvalue weighted by Crippen LogP contribution is -2.47. The molecule has 2 rings (SSSR count). The molecule has 1 atom stereocenters. The number of benzene rings is 2. The van der Waals surface area contributed by atoms with Crippen LogP contribution in [0.4, 0.5) is 4.39 Å². The summed E-state index contributed by atoms with van der Waals surface area (Å²) in [5.74, 6) is -0.659. The monoisotopic (exact) mass is 476 g/mol. The molecule has 156 valence electrons. The third-order valence-electron chi connectivity index (χ3n) is 4.28. The van der Waals surface area contributed by atoms with Crippen molar-refractivity contribution in [3.8, 4) is 0 Å². The summed E-state index contributed by atoms with van der Waals surface area (Å²) in [6.07, 6.45) is 0. The van der Waals surface area contributed by atoms with E-state index in [9.17, 15) is 14.0 Å². The topological polar surface area (TPSA) is 49.4 Å². The Kier molecular flexibility index (Phi) is 9.08. The molecule has 0 spiro atoms. The first kappa shape index (κ1) is 23.8. The van der Waals surface area contributed by atoms with E-state index in [1.54, 1.807) is 31.2 Å². The average Bonchev–Trinajstić information content (AvgIpc) is 2.69. The Bertz CT molecular complexity index is 878. The molecule has 0 aliphatic carbocycles. The number of likely N-dealkylation sites (N-methyl/N-ethyl adjacent to an activating group) is 1. The molecule has 2 amide bonds. The van der Waals surface area contributed by atoms with Crippen molar-refractivity contribution in [2.45, 2.75) is 25.3 Å². The molecule has 29 heavy (non-hydrogen) atoms. The number of amides is 2. The van der Waals surface area contributed by atoms with E-state index in [0.29, 0.717) is 20.6 Å². The minimum atomic E-state index is -0.695. The van der Waals surface area contributed by atoms with Crippen molar-refractivity contribution in [1.82, 2.24) is 10.2 Å². The van der Waals surface area contributed by atoms with Gasteiger partial charge < -0.3 is 10.2 Å². The summed E-state index contributed by atoms with van der Waals surface area (Å²) in [5, 5.41) is 3.64. The Labute approximate surface area is 188 Å². The third kappa shape index (κ3) is 6.51. The molecule has 1 N–H and O–H groups in total. The van der Waals surface area contributed by atoms with Crippen molar-refractivity contribution in [3.05, 3.63) is 68.4 Å². The molecule has 0 saturated carbocycles. The first-order valence-corrected chi connectivity index (χ1v) is 11.0. The number of thioether (sulfide) groups is 1. The summed E-state index contributed by atoms with van der Waals surface area (Å²) in [7, 11) is 1.51. The summed E-state index contributed by atoms with van der Waals surface area (Å²) < 4.78 is 13.9. The van der Waals surface area contributed by atoms with Crippen molar-refractivity contribution >= 4 is 58.4 Å². The van der Waals surface area contributed by atoms with Crippen LogP contribution in [0, 0.1) is 5.82 Å². The molecular formula is C20H20Cl3FN2O2S. The van der Waals surface area contributed by atoms with Gasteiger partial charge in [0.1, 0.15) is 11.9 Å². The molecule has 0 unspecified atom stereocenters. The zero-order valence-electron chi connectivity index (χ0n) is 15.8. The SMILES string of the molecule is CNC(=O)[C@@H](C)N(Cc1ccc(Cl)c(Cl)c1)C(=O)CSCc1c(F)cccc1Cl. The smallest absolute Gasteiger partial charge is 0.242 e. The Morgan fingerprint density at radius 3 is 2.48 bits per heavy atom. The van der Waals surface area contributed by atoms with Gasteiger partial charge in [0.25, 0.3) is 0 Å². The quantitative estimate of drug-likeness (QED) is 0.570. The van der Waals surface area contributed by atoms with Crippen molar-refractivity contribution in [2.75, 3.05) is 12.8 Å². The first-order chi connectivity index (χ1) is 13.7. The number of nitrogens with one attached hydrogen (secondary N) is 1. The molecule has 0 radical (unpaired) electrons. The first-order valence-electron chi connectivity index (χ1n) is 8.70. The highest BCUT2D eigenvalue weighted by atomic mass is 35.5. The Morgan fingerprint density at radius 1 is 1.14 bits per heavy atom. The summed E-state index contributed by atoms with van der Waals surface area (Å²) in [6.45, 7) is 1.83. The van der Waals surface area contributed by atoms with Crippen LogP contribution in [0.25, 0.3) is 0 Å². The van der Waals surface area contributed by atoms with Crippen LogP contribution in [0.5, 0.6) is 0 Å². The van der Waals surface area contributed by atoms with Crippen molar-refractivity contribution in [1.29, 1.82) is 0 Å². The highest BCUT2D eigenvalue weighted by Crippen LogP contribution is 2.26. The van der Waals surface area contributed by atoms with E-state index in [2.05, 4.69) is 5.32 Å². The van der Waals surface area contributed by atoms with Crippen LogP contribution in [0.2, 0.25) is 15.1 Å². The minimum absolute atomic E-state index is 0.0628. The van der Waals surface area contributed by atoms with Crippen molar-refractivity contribution in [3.63, 3.8) is 0 Å². The summed E-state index contributed by atoms with van der Waals surface area (Å²) in [6, 6.07) is 8.81. The van der Waals surface area contributed by atoms with E-state index in [0.717, 1.165) is 5.56 Å². The number of carbonyl (C=O) groups is 2. The lowest BCUT2D eigenvalue weighted by Gasteiger charge is -2.28. The largest absolute Gasteiger partial charge is 0.357 e. The number of rotatable bonds is 8. The molecular weight excluding hydrogens is 458 g/mol. The number of hydrogen-bond acceptors (Lipinski definition) is 3. The summed E-state index contributed by atoms with van der Waals surface area (Å²) in [4.78, 5) is 26.4. The highest BCUT2D eigenvalue weighted by Gasteiger charge is 2.25. The van der Waals surface area contributed by atoms with Crippen LogP contribution in [-0.4, -0.2) is 35.6 Å². The molecule has 0 aliphatic rings. The maximum Gasteiger partial charge on any atom is 0.242 e. The van der Waals surface area contributed by atoms with Gasteiger partial charge in [0, 0.05) is 29.9 Å². The van der Waals surface area contributed by atoms with Crippen LogP contribution < -0.4 is 5.32 Å². The molecule has 0 bridgehead atoms. The zero-order chi connectivity index (χ0) is 21.6. The number of carbonyl (C=O) groups excluding carboxylic acids is 2. The van der Waals surface area contributed by atoms with Gasteiger partial charge in [-0.2, -0.15) is 0 Å². The molecule has 0 aromatic heterocycles. The van der Waals surface area contributed by atoms with E-state index < -0.39 is 11.9 Å².